The minimum Gasteiger partial charge on any atom is -0.497 e. The van der Waals surface area contributed by atoms with E-state index in [9.17, 15) is 4.39 Å². The van der Waals surface area contributed by atoms with E-state index >= 15 is 0 Å². The summed E-state index contributed by atoms with van der Waals surface area (Å²) in [7, 11) is 1.48. The van der Waals surface area contributed by atoms with Crippen molar-refractivity contribution in [2.45, 2.75) is 0 Å². The van der Waals surface area contributed by atoms with Gasteiger partial charge in [0.25, 0.3) is 0 Å². The van der Waals surface area contributed by atoms with Gasteiger partial charge in [-0.2, -0.15) is 9.65 Å². The van der Waals surface area contributed by atoms with E-state index in [-0.39, 0.29) is 5.88 Å². The normalized spacial score (nSPS) is 9.61. The maximum atomic E-state index is 12.9. The van der Waals surface area contributed by atoms with Gasteiger partial charge < -0.3 is 9.47 Å². The van der Waals surface area contributed by atoms with Crippen LogP contribution in [-0.4, -0.2) is 17.1 Å². The van der Waals surface area contributed by atoms with Gasteiger partial charge in [-0.3, -0.25) is 0 Å². The summed E-state index contributed by atoms with van der Waals surface area (Å²) in [4.78, 5) is 7.06. The van der Waals surface area contributed by atoms with Crippen molar-refractivity contribution in [3.05, 3.63) is 42.1 Å². The number of nitrogens with zero attached hydrogens (tertiary/aromatic N) is 3. The van der Waals surface area contributed by atoms with E-state index in [0.29, 0.717) is 17.1 Å². The Hall–Kier alpha value is -2.68. The van der Waals surface area contributed by atoms with Crippen LogP contribution in [0.25, 0.3) is 0 Å². The van der Waals surface area contributed by atoms with E-state index in [1.54, 1.807) is 12.1 Å². The average Bonchev–Trinajstić information content (AvgIpc) is 2.38. The molecule has 1 aromatic carbocycles. The van der Waals surface area contributed by atoms with E-state index in [0.717, 1.165) is 12.4 Å². The molecule has 0 fully saturated rings. The van der Waals surface area contributed by atoms with Crippen LogP contribution in [0.15, 0.2) is 30.6 Å². The lowest BCUT2D eigenvalue weighted by molar-refractivity contribution is 0.406. The Kier molecular flexibility index (Phi) is 3.34. The summed E-state index contributed by atoms with van der Waals surface area (Å²) in [6.45, 7) is 0. The molecule has 90 valence electrons. The Balaban J connectivity index is 2.31. The van der Waals surface area contributed by atoms with Gasteiger partial charge in [0.05, 0.1) is 24.8 Å². The molecule has 2 aromatic rings. The topological polar surface area (TPSA) is 68.0 Å². The van der Waals surface area contributed by atoms with Crippen molar-refractivity contribution in [2.75, 3.05) is 7.11 Å². The van der Waals surface area contributed by atoms with Crippen molar-refractivity contribution in [1.29, 1.82) is 5.26 Å². The van der Waals surface area contributed by atoms with Gasteiger partial charge in [-0.05, 0) is 12.1 Å². The molecule has 5 nitrogen and oxygen atoms in total. The Labute approximate surface area is 102 Å². The lowest BCUT2D eigenvalue weighted by atomic mass is 10.2. The summed E-state index contributed by atoms with van der Waals surface area (Å²) in [5.41, 5.74) is 0.374. The fourth-order valence-electron chi connectivity index (χ4n) is 1.31. The number of rotatable bonds is 3. The van der Waals surface area contributed by atoms with Crippen molar-refractivity contribution in [2.24, 2.45) is 0 Å². The van der Waals surface area contributed by atoms with Gasteiger partial charge in [-0.15, -0.1) is 0 Å². The van der Waals surface area contributed by atoms with Crippen LogP contribution in [0, 0.1) is 17.3 Å². The molecule has 2 rings (SSSR count). The van der Waals surface area contributed by atoms with E-state index in [1.165, 1.54) is 13.2 Å². The van der Waals surface area contributed by atoms with Crippen molar-refractivity contribution in [3.8, 4) is 23.4 Å². The number of methoxy groups -OCH3 is 1. The lowest BCUT2D eigenvalue weighted by Gasteiger charge is -2.06. The molecule has 0 bridgehead atoms. The highest BCUT2D eigenvalue weighted by molar-refractivity contribution is 5.44. The minimum absolute atomic E-state index is 0.0552. The Bertz CT molecular complexity index is 611. The molecule has 6 heteroatoms. The first-order valence-electron chi connectivity index (χ1n) is 4.96. The fourth-order valence-corrected chi connectivity index (χ4v) is 1.31. The molecule has 1 aromatic heterocycles. The number of benzene rings is 1. The monoisotopic (exact) mass is 245 g/mol. The Morgan fingerprint density at radius 1 is 1.17 bits per heavy atom. The molecule has 0 amide bonds. The first-order chi connectivity index (χ1) is 8.71. The smallest absolute Gasteiger partial charge is 0.225 e. The van der Waals surface area contributed by atoms with Crippen molar-refractivity contribution in [3.63, 3.8) is 0 Å². The van der Waals surface area contributed by atoms with Crippen molar-refractivity contribution >= 4 is 0 Å². The highest BCUT2D eigenvalue weighted by Crippen LogP contribution is 2.26. The third-order valence-electron chi connectivity index (χ3n) is 2.08. The molecule has 0 saturated carbocycles. The van der Waals surface area contributed by atoms with Crippen molar-refractivity contribution < 1.29 is 13.9 Å². The zero-order valence-electron chi connectivity index (χ0n) is 9.42. The van der Waals surface area contributed by atoms with Crippen LogP contribution in [-0.2, 0) is 0 Å². The second-order valence-corrected chi connectivity index (χ2v) is 3.29. The molecule has 0 N–H and O–H groups in total. The molecule has 0 radical (unpaired) electrons. The number of aromatic nitrogens is 2. The molecule has 0 unspecified atom stereocenters. The highest BCUT2D eigenvalue weighted by Gasteiger charge is 2.05. The van der Waals surface area contributed by atoms with Gasteiger partial charge in [0, 0.05) is 6.07 Å². The number of hydrogen-bond donors (Lipinski definition) is 0. The quantitative estimate of drug-likeness (QED) is 0.776. The summed E-state index contributed by atoms with van der Waals surface area (Å²) in [6, 6.07) is 7.66. The summed E-state index contributed by atoms with van der Waals surface area (Å²) in [6.07, 6.45) is 1.05. The molecule has 0 aliphatic carbocycles. The molecule has 0 aliphatic rings. The second-order valence-electron chi connectivity index (χ2n) is 3.29. The fraction of sp³-hybridized carbons (Fsp3) is 0.0833. The number of halogens is 1. The van der Waals surface area contributed by atoms with E-state index in [2.05, 4.69) is 9.97 Å². The number of ether oxygens (including phenoxy) is 2. The SMILES string of the molecule is COc1cc(C#N)cc(Oc2cc(F)ncn2)c1. The van der Waals surface area contributed by atoms with Gasteiger partial charge in [-0.25, -0.2) is 9.97 Å². The third-order valence-corrected chi connectivity index (χ3v) is 2.08. The molecule has 18 heavy (non-hydrogen) atoms. The van der Waals surface area contributed by atoms with E-state index in [4.69, 9.17) is 14.7 Å². The Morgan fingerprint density at radius 2 is 1.94 bits per heavy atom. The van der Waals surface area contributed by atoms with Crippen LogP contribution in [0.2, 0.25) is 0 Å². The number of hydrogen-bond acceptors (Lipinski definition) is 5. The minimum atomic E-state index is -0.691. The first-order valence-corrected chi connectivity index (χ1v) is 4.96. The van der Waals surface area contributed by atoms with Gasteiger partial charge in [0.1, 0.15) is 17.8 Å². The van der Waals surface area contributed by atoms with Crippen LogP contribution in [0.4, 0.5) is 4.39 Å². The maximum Gasteiger partial charge on any atom is 0.225 e. The average molecular weight is 245 g/mol. The zero-order chi connectivity index (χ0) is 13.0. The predicted octanol–water partition coefficient (Wildman–Crippen LogP) is 2.29. The van der Waals surface area contributed by atoms with Gasteiger partial charge in [0.15, 0.2) is 0 Å². The molecule has 1 heterocycles. The van der Waals surface area contributed by atoms with Gasteiger partial charge in [0.2, 0.25) is 11.8 Å². The molecule has 0 saturated heterocycles. The van der Waals surface area contributed by atoms with Crippen LogP contribution >= 0.6 is 0 Å². The first kappa shape index (κ1) is 11.8. The largest absolute Gasteiger partial charge is 0.497 e. The van der Waals surface area contributed by atoms with Gasteiger partial charge >= 0.3 is 0 Å². The molecule has 0 spiro atoms. The van der Waals surface area contributed by atoms with Crippen molar-refractivity contribution in [1.82, 2.24) is 9.97 Å². The lowest BCUT2D eigenvalue weighted by Crippen LogP contribution is -1.92. The molecule has 0 aliphatic heterocycles. The van der Waals surface area contributed by atoms with E-state index in [1.807, 2.05) is 6.07 Å². The number of nitriles is 1. The standard InChI is InChI=1S/C12H8FN3O2/c1-17-9-2-8(6-14)3-10(4-9)18-12-5-11(13)15-7-16-12/h2-5,7H,1H3. The molecule has 0 atom stereocenters. The summed E-state index contributed by atoms with van der Waals surface area (Å²) in [5.74, 6) is 0.172. The van der Waals surface area contributed by atoms with Crippen LogP contribution in [0.3, 0.4) is 0 Å². The van der Waals surface area contributed by atoms with Gasteiger partial charge in [-0.1, -0.05) is 0 Å². The van der Waals surface area contributed by atoms with Crippen LogP contribution < -0.4 is 9.47 Å². The second kappa shape index (κ2) is 5.10. The Morgan fingerprint density at radius 3 is 2.61 bits per heavy atom. The van der Waals surface area contributed by atoms with Crippen LogP contribution in [0.5, 0.6) is 17.4 Å². The summed E-state index contributed by atoms with van der Waals surface area (Å²) >= 11 is 0. The maximum absolute atomic E-state index is 12.9. The summed E-state index contributed by atoms with van der Waals surface area (Å²) < 4.78 is 23.2. The predicted molar refractivity (Wildman–Crippen MR) is 59.8 cm³/mol. The highest BCUT2D eigenvalue weighted by atomic mass is 19.1. The molecular weight excluding hydrogens is 237 g/mol. The molecular formula is C12H8FN3O2. The third kappa shape index (κ3) is 2.71. The van der Waals surface area contributed by atoms with E-state index < -0.39 is 5.95 Å². The van der Waals surface area contributed by atoms with Crippen LogP contribution in [0.1, 0.15) is 5.56 Å². The summed E-state index contributed by atoms with van der Waals surface area (Å²) in [5, 5.41) is 8.85. The zero-order valence-corrected chi connectivity index (χ0v) is 9.42.